The Morgan fingerprint density at radius 3 is 2.14 bits per heavy atom. The van der Waals surface area contributed by atoms with E-state index in [9.17, 15) is 9.59 Å². The lowest BCUT2D eigenvalue weighted by Gasteiger charge is -2.64. The van der Waals surface area contributed by atoms with Gasteiger partial charge in [-0.3, -0.25) is 4.79 Å². The molecule has 1 aliphatic heterocycles. The quantitative estimate of drug-likeness (QED) is 0.441. The molecule has 0 radical (unpaired) electrons. The maximum absolute atomic E-state index is 13.7. The van der Waals surface area contributed by atoms with E-state index in [1.54, 1.807) is 27.7 Å². The molecule has 0 aromatic carbocycles. The van der Waals surface area contributed by atoms with Gasteiger partial charge >= 0.3 is 13.2 Å². The van der Waals surface area contributed by atoms with Crippen molar-refractivity contribution in [2.45, 2.75) is 143 Å². The Bertz CT molecular complexity index is 851. The Labute approximate surface area is 224 Å². The molecule has 3 aliphatic carbocycles. The maximum atomic E-state index is 13.7. The molecule has 2 bridgehead atoms. The smallest absolute Gasteiger partial charge is 0.444 e. The highest BCUT2D eigenvalue weighted by molar-refractivity contribution is 6.48. The van der Waals surface area contributed by atoms with Crippen LogP contribution in [-0.2, 0) is 23.6 Å². The lowest BCUT2D eigenvalue weighted by molar-refractivity contribution is -0.199. The molecule has 0 spiro atoms. The van der Waals surface area contributed by atoms with Crippen molar-refractivity contribution in [3.8, 4) is 0 Å². The minimum atomic E-state index is -0.949. The zero-order valence-corrected chi connectivity index (χ0v) is 25.2. The number of hydrogen-bond acceptors (Lipinski definition) is 6. The van der Waals surface area contributed by atoms with Gasteiger partial charge in [0.1, 0.15) is 11.6 Å². The number of hydrogen-bond donors (Lipinski definition) is 2. The molecule has 37 heavy (non-hydrogen) atoms. The van der Waals surface area contributed by atoms with Crippen molar-refractivity contribution in [3.05, 3.63) is 0 Å². The van der Waals surface area contributed by atoms with Gasteiger partial charge in [0.25, 0.3) is 0 Å². The third kappa shape index (κ3) is 6.82. The Morgan fingerprint density at radius 2 is 1.62 bits per heavy atom. The van der Waals surface area contributed by atoms with Crippen LogP contribution in [0.25, 0.3) is 0 Å². The standard InChI is InChI=1S/C28H51BN2O6/c1-16(2)13-21(29-36-20-15-18-14-19(27(18,10)11)28(20,12)37-29)30-23(32)22(17(3)34-25(4,5)6)31-24(33)35-26(7,8)9/h16-22H,13-15H2,1-12H3,(H,30,32)(H,31,33)/t17-,18+,19+,20-,21+,22+,28+/m1/s1. The highest BCUT2D eigenvalue weighted by Gasteiger charge is 2.68. The molecule has 212 valence electrons. The summed E-state index contributed by atoms with van der Waals surface area (Å²) in [7, 11) is -0.544. The molecule has 1 saturated heterocycles. The second-order valence-electron chi connectivity index (χ2n) is 14.6. The van der Waals surface area contributed by atoms with Crippen molar-refractivity contribution in [1.82, 2.24) is 10.6 Å². The molecule has 2 amide bonds. The monoisotopic (exact) mass is 522 g/mol. The number of alkyl carbamates (subject to hydrolysis) is 1. The number of carbonyl (C=O) groups excluding carboxylic acids is 2. The van der Waals surface area contributed by atoms with Crippen molar-refractivity contribution < 1.29 is 28.4 Å². The third-order valence-electron chi connectivity index (χ3n) is 8.31. The average Bonchev–Trinajstić information content (AvgIpc) is 3.05. The summed E-state index contributed by atoms with van der Waals surface area (Å²) in [5, 5.41) is 5.91. The zero-order valence-electron chi connectivity index (χ0n) is 25.2. The molecule has 1 heterocycles. The second kappa shape index (κ2) is 10.3. The third-order valence-corrected chi connectivity index (χ3v) is 8.31. The Morgan fingerprint density at radius 1 is 1.00 bits per heavy atom. The molecule has 0 aromatic rings. The van der Waals surface area contributed by atoms with E-state index in [0.717, 1.165) is 6.42 Å². The number of nitrogens with one attached hydrogen (secondary N) is 2. The fourth-order valence-electron chi connectivity index (χ4n) is 6.55. The molecule has 9 heteroatoms. The molecular formula is C28H51BN2O6. The fraction of sp³-hybridized carbons (Fsp3) is 0.929. The summed E-state index contributed by atoms with van der Waals surface area (Å²) in [5.41, 5.74) is -1.31. The summed E-state index contributed by atoms with van der Waals surface area (Å²) in [6.45, 7) is 24.0. The Kier molecular flexibility index (Phi) is 8.45. The van der Waals surface area contributed by atoms with Crippen LogP contribution in [0.5, 0.6) is 0 Å². The summed E-state index contributed by atoms with van der Waals surface area (Å²) in [6, 6.07) is -0.949. The van der Waals surface area contributed by atoms with Gasteiger partial charge in [-0.1, -0.05) is 27.7 Å². The minimum absolute atomic E-state index is 0.0275. The number of ether oxygens (including phenoxy) is 2. The van der Waals surface area contributed by atoms with Crippen LogP contribution in [0.15, 0.2) is 0 Å². The van der Waals surface area contributed by atoms with Crippen molar-refractivity contribution in [3.63, 3.8) is 0 Å². The van der Waals surface area contributed by atoms with Crippen LogP contribution in [0, 0.1) is 23.2 Å². The Hall–Kier alpha value is -1.32. The van der Waals surface area contributed by atoms with Gasteiger partial charge in [0.15, 0.2) is 0 Å². The first-order valence-electron chi connectivity index (χ1n) is 14.0. The van der Waals surface area contributed by atoms with Crippen molar-refractivity contribution in [2.75, 3.05) is 0 Å². The van der Waals surface area contributed by atoms with Gasteiger partial charge in [0, 0.05) is 0 Å². The van der Waals surface area contributed by atoms with Crippen LogP contribution in [0.2, 0.25) is 0 Å². The molecule has 7 atom stereocenters. The average molecular weight is 523 g/mol. The molecule has 8 nitrogen and oxygen atoms in total. The molecule has 0 aromatic heterocycles. The van der Waals surface area contributed by atoms with Crippen LogP contribution in [0.4, 0.5) is 4.79 Å². The van der Waals surface area contributed by atoms with Crippen molar-refractivity contribution >= 4 is 19.1 Å². The molecule has 0 unspecified atom stereocenters. The van der Waals surface area contributed by atoms with Crippen LogP contribution in [-0.4, -0.2) is 60.1 Å². The van der Waals surface area contributed by atoms with Crippen LogP contribution < -0.4 is 10.6 Å². The van der Waals surface area contributed by atoms with Crippen LogP contribution in [0.1, 0.15) is 102 Å². The fourth-order valence-corrected chi connectivity index (χ4v) is 6.55. The topological polar surface area (TPSA) is 95.1 Å². The van der Waals surface area contributed by atoms with Gasteiger partial charge in [-0.05, 0) is 97.8 Å². The largest absolute Gasteiger partial charge is 0.481 e. The summed E-state index contributed by atoms with van der Waals surface area (Å²) in [6.07, 6.45) is 1.61. The molecule has 4 aliphatic rings. The van der Waals surface area contributed by atoms with Crippen LogP contribution >= 0.6 is 0 Å². The SMILES string of the molecule is CC(C)C[C@H](NC(=O)[C@@H](NC(=O)OC(C)(C)C)[C@@H](C)OC(C)(C)C)B1O[C@@H]2C[C@@H]3C[C@@H](C3(C)C)[C@]2(C)O1. The molecule has 3 saturated carbocycles. The Balaban J connectivity index is 1.78. The van der Waals surface area contributed by atoms with E-state index >= 15 is 0 Å². The van der Waals surface area contributed by atoms with Gasteiger partial charge < -0.3 is 29.4 Å². The van der Waals surface area contributed by atoms with Crippen LogP contribution in [0.3, 0.4) is 0 Å². The molecule has 4 rings (SSSR count). The second-order valence-corrected chi connectivity index (χ2v) is 14.6. The lowest BCUT2D eigenvalue weighted by atomic mass is 9.43. The molecule has 4 fully saturated rings. The normalized spacial score (nSPS) is 31.2. The first kappa shape index (κ1) is 30.2. The number of amides is 2. The summed E-state index contributed by atoms with van der Waals surface area (Å²) in [4.78, 5) is 26.4. The predicted octanol–water partition coefficient (Wildman–Crippen LogP) is 4.88. The van der Waals surface area contributed by atoms with E-state index in [-0.39, 0.29) is 29.0 Å². The minimum Gasteiger partial charge on any atom is -0.444 e. The molecular weight excluding hydrogens is 471 g/mol. The van der Waals surface area contributed by atoms with E-state index < -0.39 is 36.6 Å². The van der Waals surface area contributed by atoms with Crippen molar-refractivity contribution in [2.24, 2.45) is 23.2 Å². The molecule has 2 N–H and O–H groups in total. The van der Waals surface area contributed by atoms with E-state index in [0.29, 0.717) is 24.2 Å². The van der Waals surface area contributed by atoms with E-state index in [2.05, 4.69) is 45.3 Å². The van der Waals surface area contributed by atoms with E-state index in [4.69, 9.17) is 18.8 Å². The summed E-state index contributed by atoms with van der Waals surface area (Å²) < 4.78 is 24.7. The highest BCUT2D eigenvalue weighted by Crippen LogP contribution is 2.65. The summed E-state index contributed by atoms with van der Waals surface area (Å²) >= 11 is 0. The number of carbonyl (C=O) groups is 2. The maximum Gasteiger partial charge on any atom is 0.481 e. The predicted molar refractivity (Wildman–Crippen MR) is 145 cm³/mol. The zero-order chi connectivity index (χ0) is 28.1. The van der Waals surface area contributed by atoms with Crippen molar-refractivity contribution in [1.29, 1.82) is 0 Å². The van der Waals surface area contributed by atoms with Gasteiger partial charge in [-0.2, -0.15) is 0 Å². The first-order valence-corrected chi connectivity index (χ1v) is 14.0. The number of rotatable bonds is 8. The van der Waals surface area contributed by atoms with Gasteiger partial charge in [-0.15, -0.1) is 0 Å². The highest BCUT2D eigenvalue weighted by atomic mass is 16.7. The van der Waals surface area contributed by atoms with Gasteiger partial charge in [0.2, 0.25) is 5.91 Å². The lowest BCUT2D eigenvalue weighted by Crippen LogP contribution is -2.65. The van der Waals surface area contributed by atoms with Gasteiger partial charge in [0.05, 0.1) is 29.4 Å². The summed E-state index contributed by atoms with van der Waals surface area (Å²) in [5.74, 6) is 0.684. The van der Waals surface area contributed by atoms with E-state index in [1.807, 2.05) is 20.8 Å². The van der Waals surface area contributed by atoms with Gasteiger partial charge in [-0.25, -0.2) is 4.79 Å². The first-order chi connectivity index (χ1) is 16.7. The van der Waals surface area contributed by atoms with E-state index in [1.165, 1.54) is 6.42 Å².